The van der Waals surface area contributed by atoms with Gasteiger partial charge >= 0.3 is 0 Å². The molecule has 0 spiro atoms. The maximum absolute atomic E-state index is 12.3. The van der Waals surface area contributed by atoms with E-state index in [1.54, 1.807) is 18.2 Å². The van der Waals surface area contributed by atoms with Gasteiger partial charge in [0.05, 0.1) is 11.1 Å². The number of imide groups is 1. The number of aryl methyl sites for hydroxylation is 1. The molecular formula is C17H23N3O3. The second kappa shape index (κ2) is 6.91. The van der Waals surface area contributed by atoms with E-state index in [9.17, 15) is 14.4 Å². The number of carbonyl (C=O) groups is 3. The molecule has 124 valence electrons. The third kappa shape index (κ3) is 3.76. The molecule has 0 unspecified atom stereocenters. The number of benzene rings is 1. The van der Waals surface area contributed by atoms with Crippen LogP contribution >= 0.6 is 0 Å². The Morgan fingerprint density at radius 2 is 1.87 bits per heavy atom. The predicted octanol–water partition coefficient (Wildman–Crippen LogP) is 1.05. The first-order valence-electron chi connectivity index (χ1n) is 7.75. The second-order valence-electron chi connectivity index (χ2n) is 6.17. The Kier molecular flexibility index (Phi) is 5.15. The highest BCUT2D eigenvalue weighted by atomic mass is 16.2. The lowest BCUT2D eigenvalue weighted by Gasteiger charge is -2.21. The van der Waals surface area contributed by atoms with E-state index in [0.29, 0.717) is 30.3 Å². The Bertz CT molecular complexity index is 640. The molecule has 1 aliphatic rings. The molecule has 1 aliphatic heterocycles. The summed E-state index contributed by atoms with van der Waals surface area (Å²) in [5.41, 5.74) is 1.66. The van der Waals surface area contributed by atoms with Crippen molar-refractivity contribution in [3.8, 4) is 0 Å². The van der Waals surface area contributed by atoms with Crippen LogP contribution in [-0.4, -0.2) is 60.2 Å². The first-order chi connectivity index (χ1) is 10.8. The molecule has 3 amide bonds. The third-order valence-corrected chi connectivity index (χ3v) is 4.10. The third-order valence-electron chi connectivity index (χ3n) is 4.10. The highest BCUT2D eigenvalue weighted by Crippen LogP contribution is 2.23. The van der Waals surface area contributed by atoms with E-state index in [1.807, 2.05) is 14.0 Å². The van der Waals surface area contributed by atoms with Gasteiger partial charge in [-0.05, 0) is 40.0 Å². The van der Waals surface area contributed by atoms with Crippen LogP contribution in [0.15, 0.2) is 18.2 Å². The number of hydrogen-bond acceptors (Lipinski definition) is 4. The smallest absolute Gasteiger partial charge is 0.262 e. The minimum Gasteiger partial charge on any atom is -0.353 e. The molecule has 1 heterocycles. The van der Waals surface area contributed by atoms with Crippen molar-refractivity contribution in [2.24, 2.45) is 0 Å². The number of nitrogens with one attached hydrogen (secondary N) is 1. The minimum atomic E-state index is -0.403. The van der Waals surface area contributed by atoms with Gasteiger partial charge in [-0.25, -0.2) is 0 Å². The minimum absolute atomic E-state index is 0.239. The van der Waals surface area contributed by atoms with E-state index < -0.39 is 11.8 Å². The summed E-state index contributed by atoms with van der Waals surface area (Å²) < 4.78 is 0. The SMILES string of the molecule is Cc1ccc2c(c1)C(=O)N(CC(=O)NCCN(C)C(C)C)C2=O. The lowest BCUT2D eigenvalue weighted by atomic mass is 10.1. The summed E-state index contributed by atoms with van der Waals surface area (Å²) in [6, 6.07) is 5.51. The predicted molar refractivity (Wildman–Crippen MR) is 87.3 cm³/mol. The van der Waals surface area contributed by atoms with Gasteiger partial charge in [0, 0.05) is 19.1 Å². The second-order valence-corrected chi connectivity index (χ2v) is 6.17. The number of rotatable bonds is 6. The zero-order chi connectivity index (χ0) is 17.1. The summed E-state index contributed by atoms with van der Waals surface area (Å²) in [5, 5.41) is 2.75. The van der Waals surface area contributed by atoms with Crippen molar-refractivity contribution >= 4 is 17.7 Å². The summed E-state index contributed by atoms with van der Waals surface area (Å²) in [7, 11) is 1.98. The monoisotopic (exact) mass is 317 g/mol. The zero-order valence-corrected chi connectivity index (χ0v) is 14.0. The molecule has 0 aromatic heterocycles. The van der Waals surface area contributed by atoms with Gasteiger partial charge in [-0.3, -0.25) is 19.3 Å². The fourth-order valence-corrected chi connectivity index (χ4v) is 2.38. The number of likely N-dealkylation sites (N-methyl/N-ethyl adjacent to an activating group) is 1. The number of nitrogens with zero attached hydrogens (tertiary/aromatic N) is 2. The van der Waals surface area contributed by atoms with Crippen molar-refractivity contribution in [1.82, 2.24) is 15.1 Å². The summed E-state index contributed by atoms with van der Waals surface area (Å²) >= 11 is 0. The molecule has 23 heavy (non-hydrogen) atoms. The zero-order valence-electron chi connectivity index (χ0n) is 14.0. The molecule has 0 radical (unpaired) electrons. The lowest BCUT2D eigenvalue weighted by Crippen LogP contribution is -2.43. The van der Waals surface area contributed by atoms with Crippen LogP contribution < -0.4 is 5.32 Å². The molecule has 0 bridgehead atoms. The quantitative estimate of drug-likeness (QED) is 0.796. The van der Waals surface area contributed by atoms with Crippen molar-refractivity contribution in [3.63, 3.8) is 0 Å². The van der Waals surface area contributed by atoms with Gasteiger partial charge in [-0.2, -0.15) is 0 Å². The Labute approximate surface area is 136 Å². The highest BCUT2D eigenvalue weighted by molar-refractivity contribution is 6.22. The molecule has 0 atom stereocenters. The van der Waals surface area contributed by atoms with Gasteiger partial charge in [0.25, 0.3) is 11.8 Å². The van der Waals surface area contributed by atoms with Crippen molar-refractivity contribution in [2.75, 3.05) is 26.7 Å². The maximum Gasteiger partial charge on any atom is 0.262 e. The van der Waals surface area contributed by atoms with Gasteiger partial charge in [0.1, 0.15) is 6.54 Å². The number of hydrogen-bond donors (Lipinski definition) is 1. The fraction of sp³-hybridized carbons (Fsp3) is 0.471. The topological polar surface area (TPSA) is 69.7 Å². The van der Waals surface area contributed by atoms with Crippen LogP contribution in [0.5, 0.6) is 0 Å². The molecule has 6 heteroatoms. The van der Waals surface area contributed by atoms with Crippen LogP contribution in [0.1, 0.15) is 40.1 Å². The number of fused-ring (bicyclic) bond motifs is 1. The van der Waals surface area contributed by atoms with E-state index in [2.05, 4.69) is 24.1 Å². The Balaban J connectivity index is 1.93. The fourth-order valence-electron chi connectivity index (χ4n) is 2.38. The molecule has 1 aromatic rings. The normalized spacial score (nSPS) is 13.9. The molecule has 0 saturated heterocycles. The van der Waals surface area contributed by atoms with Crippen LogP contribution in [0.2, 0.25) is 0 Å². The molecule has 0 fully saturated rings. The number of amides is 3. The van der Waals surface area contributed by atoms with Crippen LogP contribution in [0.25, 0.3) is 0 Å². The highest BCUT2D eigenvalue weighted by Gasteiger charge is 2.36. The van der Waals surface area contributed by atoms with Crippen molar-refractivity contribution in [3.05, 3.63) is 34.9 Å². The summed E-state index contributed by atoms with van der Waals surface area (Å²) in [6.07, 6.45) is 0. The largest absolute Gasteiger partial charge is 0.353 e. The first kappa shape index (κ1) is 17.1. The Hall–Kier alpha value is -2.21. The van der Waals surface area contributed by atoms with Gasteiger partial charge in [-0.15, -0.1) is 0 Å². The molecule has 0 saturated carbocycles. The molecule has 6 nitrogen and oxygen atoms in total. The Morgan fingerprint density at radius 1 is 1.22 bits per heavy atom. The van der Waals surface area contributed by atoms with Crippen LogP contribution in [0, 0.1) is 6.92 Å². The Morgan fingerprint density at radius 3 is 2.52 bits per heavy atom. The number of carbonyl (C=O) groups excluding carboxylic acids is 3. The van der Waals surface area contributed by atoms with E-state index in [-0.39, 0.29) is 12.5 Å². The maximum atomic E-state index is 12.3. The standard InChI is InChI=1S/C17H23N3O3/c1-11(2)19(4)8-7-18-15(21)10-20-16(22)13-6-5-12(3)9-14(13)17(20)23/h5-6,9,11H,7-8,10H2,1-4H3,(H,18,21). The average molecular weight is 317 g/mol. The van der Waals surface area contributed by atoms with Gasteiger partial charge in [-0.1, -0.05) is 11.6 Å². The van der Waals surface area contributed by atoms with Gasteiger partial charge in [0.2, 0.25) is 5.91 Å². The van der Waals surface area contributed by atoms with Crippen LogP contribution in [0.4, 0.5) is 0 Å². The average Bonchev–Trinajstić information content (AvgIpc) is 2.71. The summed E-state index contributed by atoms with van der Waals surface area (Å²) in [4.78, 5) is 39.6. The van der Waals surface area contributed by atoms with E-state index in [0.717, 1.165) is 10.5 Å². The molecule has 2 rings (SSSR count). The van der Waals surface area contributed by atoms with Crippen molar-refractivity contribution in [2.45, 2.75) is 26.8 Å². The van der Waals surface area contributed by atoms with Crippen LogP contribution in [-0.2, 0) is 4.79 Å². The summed E-state index contributed by atoms with van der Waals surface area (Å²) in [5.74, 6) is -1.13. The van der Waals surface area contributed by atoms with Crippen molar-refractivity contribution in [1.29, 1.82) is 0 Å². The van der Waals surface area contributed by atoms with E-state index >= 15 is 0 Å². The first-order valence-corrected chi connectivity index (χ1v) is 7.75. The molecule has 0 aliphatic carbocycles. The molecule has 1 N–H and O–H groups in total. The van der Waals surface area contributed by atoms with Gasteiger partial charge in [0.15, 0.2) is 0 Å². The molecule has 1 aromatic carbocycles. The van der Waals surface area contributed by atoms with Crippen LogP contribution in [0.3, 0.4) is 0 Å². The molecular weight excluding hydrogens is 294 g/mol. The lowest BCUT2D eigenvalue weighted by molar-refractivity contribution is -0.121. The van der Waals surface area contributed by atoms with Crippen molar-refractivity contribution < 1.29 is 14.4 Å². The van der Waals surface area contributed by atoms with Gasteiger partial charge < -0.3 is 10.2 Å². The summed E-state index contributed by atoms with van der Waals surface area (Å²) in [6.45, 7) is 6.96. The van der Waals surface area contributed by atoms with E-state index in [4.69, 9.17) is 0 Å². The van der Waals surface area contributed by atoms with E-state index in [1.165, 1.54) is 0 Å².